The minimum absolute atomic E-state index is 0.0914. The number of anilines is 2. The maximum absolute atomic E-state index is 12.4. The van der Waals surface area contributed by atoms with Gasteiger partial charge in [-0.3, -0.25) is 24.9 Å². The summed E-state index contributed by atoms with van der Waals surface area (Å²) < 4.78 is 0. The van der Waals surface area contributed by atoms with E-state index in [1.165, 1.54) is 29.9 Å². The number of aromatic nitrogens is 4. The standard InChI is InChI=1S/C19H14N6O2S/c26-17(24-15-5-1-4-14-13(15)3-2-6-21-14)9-12-11-28-19(23-12)25-18(27)16-10-20-7-8-22-16/h1-8,10-11H,9H2,(H,24,26)(H,23,25,27). The predicted octanol–water partition coefficient (Wildman–Crippen LogP) is 2.91. The summed E-state index contributed by atoms with van der Waals surface area (Å²) >= 11 is 1.24. The van der Waals surface area contributed by atoms with Crippen LogP contribution in [0.4, 0.5) is 10.8 Å². The van der Waals surface area contributed by atoms with Gasteiger partial charge in [0.15, 0.2) is 5.13 Å². The molecule has 0 saturated heterocycles. The van der Waals surface area contributed by atoms with Gasteiger partial charge >= 0.3 is 0 Å². The monoisotopic (exact) mass is 390 g/mol. The van der Waals surface area contributed by atoms with Crippen LogP contribution in [0.3, 0.4) is 0 Å². The van der Waals surface area contributed by atoms with Crippen LogP contribution in [0.5, 0.6) is 0 Å². The van der Waals surface area contributed by atoms with E-state index in [9.17, 15) is 9.59 Å². The van der Waals surface area contributed by atoms with Crippen molar-refractivity contribution in [1.29, 1.82) is 0 Å². The lowest BCUT2D eigenvalue weighted by Gasteiger charge is -2.07. The molecule has 3 aromatic heterocycles. The number of pyridine rings is 1. The molecule has 4 rings (SSSR count). The van der Waals surface area contributed by atoms with Crippen LogP contribution < -0.4 is 10.6 Å². The van der Waals surface area contributed by atoms with Crippen molar-refractivity contribution in [3.63, 3.8) is 0 Å². The molecular weight excluding hydrogens is 376 g/mol. The average Bonchev–Trinajstić information content (AvgIpc) is 3.15. The van der Waals surface area contributed by atoms with E-state index in [4.69, 9.17) is 0 Å². The van der Waals surface area contributed by atoms with Gasteiger partial charge in [0, 0.05) is 29.4 Å². The van der Waals surface area contributed by atoms with Crippen LogP contribution in [0.25, 0.3) is 10.9 Å². The molecule has 0 atom stereocenters. The number of carbonyl (C=O) groups is 2. The minimum Gasteiger partial charge on any atom is -0.325 e. The molecule has 0 unspecified atom stereocenters. The third kappa shape index (κ3) is 3.99. The first-order valence-electron chi connectivity index (χ1n) is 8.34. The lowest BCUT2D eigenvalue weighted by atomic mass is 10.2. The maximum atomic E-state index is 12.4. The summed E-state index contributed by atoms with van der Waals surface area (Å²) in [5.74, 6) is -0.602. The molecule has 3 heterocycles. The molecule has 0 aliphatic rings. The number of carbonyl (C=O) groups excluding carboxylic acids is 2. The van der Waals surface area contributed by atoms with Crippen LogP contribution in [-0.2, 0) is 11.2 Å². The third-order valence-electron chi connectivity index (χ3n) is 3.83. The second-order valence-electron chi connectivity index (χ2n) is 5.79. The quantitative estimate of drug-likeness (QED) is 0.542. The molecule has 8 nitrogen and oxygen atoms in total. The number of hydrogen-bond donors (Lipinski definition) is 2. The van der Waals surface area contributed by atoms with Gasteiger partial charge in [-0.15, -0.1) is 11.3 Å². The Labute approximate surface area is 163 Å². The van der Waals surface area contributed by atoms with Gasteiger partial charge in [-0.1, -0.05) is 6.07 Å². The Bertz CT molecular complexity index is 1140. The zero-order valence-corrected chi connectivity index (χ0v) is 15.3. The first-order valence-corrected chi connectivity index (χ1v) is 9.22. The molecule has 0 spiro atoms. The van der Waals surface area contributed by atoms with Gasteiger partial charge in [0.05, 0.1) is 29.5 Å². The summed E-state index contributed by atoms with van der Waals surface area (Å²) in [7, 11) is 0. The number of nitrogens with zero attached hydrogens (tertiary/aromatic N) is 4. The topological polar surface area (TPSA) is 110 Å². The normalized spacial score (nSPS) is 10.6. The number of rotatable bonds is 5. The van der Waals surface area contributed by atoms with Crippen LogP contribution in [0.2, 0.25) is 0 Å². The van der Waals surface area contributed by atoms with Gasteiger partial charge in [-0.2, -0.15) is 0 Å². The predicted molar refractivity (Wildman–Crippen MR) is 106 cm³/mol. The Kier molecular flexibility index (Phi) is 4.98. The van der Waals surface area contributed by atoms with E-state index in [0.717, 1.165) is 10.9 Å². The Morgan fingerprint density at radius 3 is 2.79 bits per heavy atom. The summed E-state index contributed by atoms with van der Waals surface area (Å²) in [4.78, 5) is 40.8. The molecule has 0 radical (unpaired) electrons. The lowest BCUT2D eigenvalue weighted by Crippen LogP contribution is -2.16. The van der Waals surface area contributed by atoms with Crippen molar-refractivity contribution < 1.29 is 9.59 Å². The molecule has 0 bridgehead atoms. The van der Waals surface area contributed by atoms with E-state index >= 15 is 0 Å². The van der Waals surface area contributed by atoms with Gasteiger partial charge in [0.25, 0.3) is 5.91 Å². The highest BCUT2D eigenvalue weighted by atomic mass is 32.1. The van der Waals surface area contributed by atoms with Crippen LogP contribution >= 0.6 is 11.3 Å². The summed E-state index contributed by atoms with van der Waals surface area (Å²) in [6.07, 6.45) is 6.10. The second kappa shape index (κ2) is 7.89. The van der Waals surface area contributed by atoms with Crippen LogP contribution in [0.15, 0.2) is 60.5 Å². The number of fused-ring (bicyclic) bond motifs is 1. The molecule has 4 aromatic rings. The van der Waals surface area contributed by atoms with E-state index in [1.54, 1.807) is 11.6 Å². The van der Waals surface area contributed by atoms with Crippen molar-refractivity contribution in [1.82, 2.24) is 19.9 Å². The molecule has 0 aliphatic carbocycles. The van der Waals surface area contributed by atoms with Crippen molar-refractivity contribution in [2.24, 2.45) is 0 Å². The Morgan fingerprint density at radius 2 is 1.93 bits per heavy atom. The highest BCUT2D eigenvalue weighted by Crippen LogP contribution is 2.22. The average molecular weight is 390 g/mol. The highest BCUT2D eigenvalue weighted by Gasteiger charge is 2.13. The SMILES string of the molecule is O=C(Cc1csc(NC(=O)c2cnccn2)n1)Nc1cccc2ncccc12. The van der Waals surface area contributed by atoms with E-state index in [1.807, 2.05) is 30.3 Å². The molecule has 2 N–H and O–H groups in total. The van der Waals surface area contributed by atoms with Gasteiger partial charge in [-0.25, -0.2) is 9.97 Å². The van der Waals surface area contributed by atoms with E-state index < -0.39 is 5.91 Å². The fourth-order valence-electron chi connectivity index (χ4n) is 2.59. The smallest absolute Gasteiger partial charge is 0.277 e. The van der Waals surface area contributed by atoms with Crippen molar-refractivity contribution in [3.05, 3.63) is 71.9 Å². The van der Waals surface area contributed by atoms with Crippen LogP contribution in [0.1, 0.15) is 16.2 Å². The molecule has 9 heteroatoms. The van der Waals surface area contributed by atoms with Crippen LogP contribution in [0, 0.1) is 0 Å². The first kappa shape index (κ1) is 17.7. The number of hydrogen-bond acceptors (Lipinski definition) is 7. The number of amides is 2. The minimum atomic E-state index is -0.401. The van der Waals surface area contributed by atoms with Crippen molar-refractivity contribution in [2.75, 3.05) is 10.6 Å². The number of benzene rings is 1. The summed E-state index contributed by atoms with van der Waals surface area (Å²) in [5, 5.41) is 8.54. The van der Waals surface area contributed by atoms with Gasteiger partial charge in [-0.05, 0) is 24.3 Å². The zero-order chi connectivity index (χ0) is 19.3. The largest absolute Gasteiger partial charge is 0.325 e. The van der Waals surface area contributed by atoms with Crippen molar-refractivity contribution in [2.45, 2.75) is 6.42 Å². The second-order valence-corrected chi connectivity index (χ2v) is 6.65. The van der Waals surface area contributed by atoms with Gasteiger partial charge in [0.2, 0.25) is 5.91 Å². The lowest BCUT2D eigenvalue weighted by molar-refractivity contribution is -0.115. The number of thiazole rings is 1. The maximum Gasteiger partial charge on any atom is 0.277 e. The van der Waals surface area contributed by atoms with E-state index in [0.29, 0.717) is 16.5 Å². The molecule has 0 saturated carbocycles. The molecule has 0 fully saturated rings. The van der Waals surface area contributed by atoms with E-state index in [-0.39, 0.29) is 18.0 Å². The zero-order valence-electron chi connectivity index (χ0n) is 14.5. The molecule has 2 amide bonds. The number of nitrogens with one attached hydrogen (secondary N) is 2. The highest BCUT2D eigenvalue weighted by molar-refractivity contribution is 7.14. The fraction of sp³-hybridized carbons (Fsp3) is 0.0526. The summed E-state index contributed by atoms with van der Waals surface area (Å²) in [6.45, 7) is 0. The van der Waals surface area contributed by atoms with E-state index in [2.05, 4.69) is 30.6 Å². The summed E-state index contributed by atoms with van der Waals surface area (Å²) in [5.41, 5.74) is 2.27. The van der Waals surface area contributed by atoms with Crippen molar-refractivity contribution >= 4 is 44.9 Å². The molecule has 0 aliphatic heterocycles. The molecular formula is C19H14N6O2S. The van der Waals surface area contributed by atoms with Crippen molar-refractivity contribution in [3.8, 4) is 0 Å². The Hall–Kier alpha value is -3.72. The van der Waals surface area contributed by atoms with Gasteiger partial charge in [0.1, 0.15) is 5.69 Å². The third-order valence-corrected chi connectivity index (χ3v) is 4.64. The molecule has 138 valence electrons. The Balaban J connectivity index is 1.41. The fourth-order valence-corrected chi connectivity index (χ4v) is 3.30. The summed E-state index contributed by atoms with van der Waals surface area (Å²) in [6, 6.07) is 9.28. The molecule has 28 heavy (non-hydrogen) atoms. The first-order chi connectivity index (χ1) is 13.7. The Morgan fingerprint density at radius 1 is 1.00 bits per heavy atom. The van der Waals surface area contributed by atoms with Gasteiger partial charge < -0.3 is 5.32 Å². The molecule has 1 aromatic carbocycles. The van der Waals surface area contributed by atoms with Crippen LogP contribution in [-0.4, -0.2) is 31.8 Å².